The van der Waals surface area contributed by atoms with Gasteiger partial charge in [-0.2, -0.15) is 5.10 Å². The van der Waals surface area contributed by atoms with Gasteiger partial charge in [-0.25, -0.2) is 0 Å². The van der Waals surface area contributed by atoms with Crippen LogP contribution in [0.25, 0.3) is 0 Å². The molecule has 0 spiro atoms. The molecule has 1 aromatic heterocycles. The third kappa shape index (κ3) is 5.74. The number of hydrogen-bond acceptors (Lipinski definition) is 3. The van der Waals surface area contributed by atoms with Crippen LogP contribution in [0.1, 0.15) is 12.8 Å². The number of aromatic nitrogens is 2. The minimum atomic E-state index is 0. The smallest absolute Gasteiger partial charge is 0.0719 e. The number of unbranched alkanes of at least 4 members (excludes halogenated alkanes) is 1. The summed E-state index contributed by atoms with van der Waals surface area (Å²) >= 11 is 0. The van der Waals surface area contributed by atoms with Gasteiger partial charge in [-0.1, -0.05) is 0 Å². The molecule has 13 heavy (non-hydrogen) atoms. The zero-order chi connectivity index (χ0) is 8.10. The lowest BCUT2D eigenvalue weighted by Crippen LogP contribution is -1.98. The van der Waals surface area contributed by atoms with Crippen molar-refractivity contribution in [3.63, 3.8) is 0 Å². The molecule has 1 aromatic rings. The molecule has 78 valence electrons. The molecule has 1 heterocycles. The summed E-state index contributed by atoms with van der Waals surface area (Å²) in [6.07, 6.45) is 5.17. The Hall–Kier alpha value is -0.450. The number of hydrogen-bond donors (Lipinski definition) is 2. The number of rotatable bonds is 4. The van der Waals surface area contributed by atoms with Crippen molar-refractivity contribution >= 4 is 30.5 Å². The van der Waals surface area contributed by atoms with Crippen molar-refractivity contribution in [3.05, 3.63) is 12.4 Å². The molecule has 0 saturated heterocycles. The number of aliphatic hydroxyl groups is 1. The maximum Gasteiger partial charge on any atom is 0.0719 e. The number of nitrogens with two attached hydrogens (primary N) is 1. The maximum atomic E-state index is 8.50. The molecule has 0 bridgehead atoms. The average molecular weight is 228 g/mol. The van der Waals surface area contributed by atoms with Gasteiger partial charge in [0.05, 0.1) is 11.9 Å². The molecule has 0 unspecified atom stereocenters. The standard InChI is InChI=1S/C7H13N3O.2ClH/c8-7-5-9-10(6-7)3-1-2-4-11;;/h5-6,11H,1-4,8H2;2*1H. The van der Waals surface area contributed by atoms with E-state index < -0.39 is 0 Å². The number of aliphatic hydroxyl groups excluding tert-OH is 1. The lowest BCUT2D eigenvalue weighted by molar-refractivity contribution is 0.280. The van der Waals surface area contributed by atoms with E-state index in [1.165, 1.54) is 0 Å². The summed E-state index contributed by atoms with van der Waals surface area (Å²) in [4.78, 5) is 0. The summed E-state index contributed by atoms with van der Waals surface area (Å²) < 4.78 is 1.78. The van der Waals surface area contributed by atoms with E-state index in [2.05, 4.69) is 5.10 Å². The van der Waals surface area contributed by atoms with Crippen LogP contribution in [0, 0.1) is 0 Å². The molecule has 0 fully saturated rings. The molecule has 4 nitrogen and oxygen atoms in total. The zero-order valence-corrected chi connectivity index (χ0v) is 8.85. The lowest BCUT2D eigenvalue weighted by Gasteiger charge is -1.97. The van der Waals surface area contributed by atoms with Gasteiger partial charge >= 0.3 is 0 Å². The van der Waals surface area contributed by atoms with Gasteiger partial charge in [0.1, 0.15) is 0 Å². The Morgan fingerprint density at radius 2 is 2.08 bits per heavy atom. The van der Waals surface area contributed by atoms with Crippen LogP contribution >= 0.6 is 24.8 Å². The number of nitrogen functional groups attached to an aromatic ring is 1. The SMILES string of the molecule is Cl.Cl.Nc1cnn(CCCCO)c1. The van der Waals surface area contributed by atoms with Crippen molar-refractivity contribution in [1.82, 2.24) is 9.78 Å². The fourth-order valence-corrected chi connectivity index (χ4v) is 0.887. The molecule has 0 aliphatic rings. The van der Waals surface area contributed by atoms with Crippen molar-refractivity contribution in [2.24, 2.45) is 0 Å². The molecule has 0 aliphatic heterocycles. The van der Waals surface area contributed by atoms with Crippen LogP contribution in [0.2, 0.25) is 0 Å². The highest BCUT2D eigenvalue weighted by atomic mass is 35.5. The van der Waals surface area contributed by atoms with Gasteiger partial charge in [0.2, 0.25) is 0 Å². The quantitative estimate of drug-likeness (QED) is 0.758. The normalized spacial score (nSPS) is 8.69. The Balaban J connectivity index is 0. The Morgan fingerprint density at radius 1 is 1.38 bits per heavy atom. The number of aryl methyl sites for hydroxylation is 1. The van der Waals surface area contributed by atoms with E-state index in [1.807, 2.05) is 0 Å². The second-order valence-electron chi connectivity index (χ2n) is 2.47. The molecule has 0 radical (unpaired) electrons. The molecule has 0 amide bonds. The second kappa shape index (κ2) is 8.16. The predicted molar refractivity (Wildman–Crippen MR) is 57.5 cm³/mol. The summed E-state index contributed by atoms with van der Waals surface area (Å²) in [7, 11) is 0. The molecule has 0 aliphatic carbocycles. The van der Waals surface area contributed by atoms with Crippen molar-refractivity contribution in [2.75, 3.05) is 12.3 Å². The van der Waals surface area contributed by atoms with E-state index in [9.17, 15) is 0 Å². The van der Waals surface area contributed by atoms with Gasteiger partial charge in [0.15, 0.2) is 0 Å². The monoisotopic (exact) mass is 227 g/mol. The first-order valence-corrected chi connectivity index (χ1v) is 3.71. The highest BCUT2D eigenvalue weighted by Gasteiger charge is 1.92. The highest BCUT2D eigenvalue weighted by Crippen LogP contribution is 1.99. The maximum absolute atomic E-state index is 8.50. The molecule has 6 heteroatoms. The first kappa shape index (κ1) is 15.0. The number of nitrogens with zero attached hydrogens (tertiary/aromatic N) is 2. The van der Waals surface area contributed by atoms with Crippen molar-refractivity contribution in [1.29, 1.82) is 0 Å². The van der Waals surface area contributed by atoms with E-state index in [0.29, 0.717) is 5.69 Å². The number of anilines is 1. The Bertz CT molecular complexity index is 217. The van der Waals surface area contributed by atoms with Gasteiger partial charge < -0.3 is 10.8 Å². The minimum absolute atomic E-state index is 0. The average Bonchev–Trinajstić information content (AvgIpc) is 2.37. The van der Waals surface area contributed by atoms with E-state index in [0.717, 1.165) is 19.4 Å². The molecule has 3 N–H and O–H groups in total. The van der Waals surface area contributed by atoms with Crippen LogP contribution in [0.15, 0.2) is 12.4 Å². The van der Waals surface area contributed by atoms with Gasteiger partial charge in [-0.15, -0.1) is 24.8 Å². The predicted octanol–water partition coefficient (Wildman–Crippen LogP) is 1.08. The van der Waals surface area contributed by atoms with E-state index in [1.54, 1.807) is 17.1 Å². The zero-order valence-electron chi connectivity index (χ0n) is 7.22. The largest absolute Gasteiger partial charge is 0.396 e. The van der Waals surface area contributed by atoms with Gasteiger partial charge in [-0.3, -0.25) is 4.68 Å². The van der Waals surface area contributed by atoms with E-state index in [-0.39, 0.29) is 31.4 Å². The van der Waals surface area contributed by atoms with Crippen LogP contribution in [0.5, 0.6) is 0 Å². The molecule has 1 rings (SSSR count). The minimum Gasteiger partial charge on any atom is -0.396 e. The summed E-state index contributed by atoms with van der Waals surface area (Å²) in [5, 5.41) is 12.5. The van der Waals surface area contributed by atoms with Crippen LogP contribution < -0.4 is 5.73 Å². The second-order valence-corrected chi connectivity index (χ2v) is 2.47. The fourth-order valence-electron chi connectivity index (χ4n) is 0.887. The fraction of sp³-hybridized carbons (Fsp3) is 0.571. The van der Waals surface area contributed by atoms with Crippen LogP contribution in [-0.2, 0) is 6.54 Å². The first-order chi connectivity index (χ1) is 5.33. The van der Waals surface area contributed by atoms with Gasteiger partial charge in [0, 0.05) is 19.3 Å². The molecular formula is C7H15Cl2N3O. The topological polar surface area (TPSA) is 64.1 Å². The Labute approximate surface area is 89.9 Å². The molecule has 0 atom stereocenters. The van der Waals surface area contributed by atoms with E-state index in [4.69, 9.17) is 10.8 Å². The Morgan fingerprint density at radius 3 is 2.54 bits per heavy atom. The third-order valence-electron chi connectivity index (χ3n) is 1.45. The lowest BCUT2D eigenvalue weighted by atomic mass is 10.3. The molecular weight excluding hydrogens is 213 g/mol. The summed E-state index contributed by atoms with van der Waals surface area (Å²) in [6.45, 7) is 1.08. The van der Waals surface area contributed by atoms with Crippen LogP contribution in [0.3, 0.4) is 0 Å². The third-order valence-corrected chi connectivity index (χ3v) is 1.45. The van der Waals surface area contributed by atoms with Crippen molar-refractivity contribution < 1.29 is 5.11 Å². The van der Waals surface area contributed by atoms with Crippen LogP contribution in [-0.4, -0.2) is 21.5 Å². The van der Waals surface area contributed by atoms with Crippen LogP contribution in [0.4, 0.5) is 5.69 Å². The highest BCUT2D eigenvalue weighted by molar-refractivity contribution is 5.85. The summed E-state index contributed by atoms with van der Waals surface area (Å²) in [6, 6.07) is 0. The van der Waals surface area contributed by atoms with Gasteiger partial charge in [-0.05, 0) is 12.8 Å². The van der Waals surface area contributed by atoms with Crippen molar-refractivity contribution in [3.8, 4) is 0 Å². The van der Waals surface area contributed by atoms with Gasteiger partial charge in [0.25, 0.3) is 0 Å². The molecule has 0 saturated carbocycles. The van der Waals surface area contributed by atoms with Crippen molar-refractivity contribution in [2.45, 2.75) is 19.4 Å². The Kier molecular flexibility index (Phi) is 9.44. The van der Waals surface area contributed by atoms with E-state index >= 15 is 0 Å². The summed E-state index contributed by atoms with van der Waals surface area (Å²) in [5.41, 5.74) is 6.14. The summed E-state index contributed by atoms with van der Waals surface area (Å²) in [5.74, 6) is 0. The number of halogens is 2. The first-order valence-electron chi connectivity index (χ1n) is 3.71. The molecule has 0 aromatic carbocycles.